The molecule has 0 unspecified atom stereocenters. The van der Waals surface area contributed by atoms with Gasteiger partial charge in [0, 0.05) is 22.2 Å². The molecule has 0 fully saturated rings. The number of rotatable bonds is 7. The smallest absolute Gasteiger partial charge is 0.145 e. The summed E-state index contributed by atoms with van der Waals surface area (Å²) >= 11 is 0. The molecule has 11 aromatic carbocycles. The molecule has 0 saturated heterocycles. The molecule has 0 radical (unpaired) electrons. The van der Waals surface area contributed by atoms with E-state index in [9.17, 15) is 0 Å². The van der Waals surface area contributed by atoms with Crippen LogP contribution in [0.15, 0.2) is 241 Å². The molecular weight excluding hydrogens is 751 g/mol. The lowest BCUT2D eigenvalue weighted by atomic mass is 9.91. The zero-order chi connectivity index (χ0) is 41.0. The summed E-state index contributed by atoms with van der Waals surface area (Å²) in [6.07, 6.45) is 0. The van der Waals surface area contributed by atoms with E-state index in [1.807, 2.05) is 0 Å². The summed E-state index contributed by atoms with van der Waals surface area (Å²) in [5.41, 5.74) is 14.1. The maximum absolute atomic E-state index is 7.05. The minimum atomic E-state index is 0.856. The zero-order valence-corrected chi connectivity index (χ0v) is 33.9. The lowest BCUT2D eigenvalue weighted by molar-refractivity contribution is 0.670. The Labute approximate surface area is 360 Å². The highest BCUT2D eigenvalue weighted by molar-refractivity contribution is 6.21. The molecule has 2 heteroatoms. The number of benzene rings is 11. The van der Waals surface area contributed by atoms with E-state index in [2.05, 4.69) is 241 Å². The highest BCUT2D eigenvalue weighted by atomic mass is 16.3. The van der Waals surface area contributed by atoms with Crippen LogP contribution in [0.5, 0.6) is 0 Å². The fraction of sp³-hybridized carbons (Fsp3) is 0. The molecule has 290 valence electrons. The predicted octanol–water partition coefficient (Wildman–Crippen LogP) is 17.2. The molecule has 1 aromatic heterocycles. The summed E-state index contributed by atoms with van der Waals surface area (Å²) in [7, 11) is 0. The van der Waals surface area contributed by atoms with Gasteiger partial charge in [0.2, 0.25) is 0 Å². The normalized spacial score (nSPS) is 11.5. The molecule has 2 nitrogen and oxygen atoms in total. The number of para-hydroxylation sites is 2. The van der Waals surface area contributed by atoms with E-state index in [1.54, 1.807) is 0 Å². The second kappa shape index (κ2) is 14.8. The second-order valence-corrected chi connectivity index (χ2v) is 16.0. The van der Waals surface area contributed by atoms with Crippen molar-refractivity contribution < 1.29 is 4.42 Å². The Bertz CT molecular complexity index is 3650. The molecule has 0 saturated carbocycles. The summed E-state index contributed by atoms with van der Waals surface area (Å²) in [6, 6.07) is 85.5. The highest BCUT2D eigenvalue weighted by Crippen LogP contribution is 2.50. The fourth-order valence-electron chi connectivity index (χ4n) is 9.50. The molecule has 1 heterocycles. The van der Waals surface area contributed by atoms with E-state index in [0.29, 0.717) is 0 Å². The van der Waals surface area contributed by atoms with Crippen LogP contribution in [-0.2, 0) is 0 Å². The van der Waals surface area contributed by atoms with Crippen molar-refractivity contribution in [3.63, 3.8) is 0 Å². The maximum Gasteiger partial charge on any atom is 0.145 e. The first-order valence-corrected chi connectivity index (χ1v) is 21.2. The van der Waals surface area contributed by atoms with E-state index >= 15 is 0 Å². The molecule has 0 N–H and O–H groups in total. The molecule has 0 bridgehead atoms. The van der Waals surface area contributed by atoms with E-state index < -0.39 is 0 Å². The number of anilines is 3. The average molecular weight is 790 g/mol. The van der Waals surface area contributed by atoms with Crippen molar-refractivity contribution in [2.45, 2.75) is 0 Å². The van der Waals surface area contributed by atoms with Gasteiger partial charge in [0.05, 0.1) is 16.8 Å². The Morgan fingerprint density at radius 1 is 0.290 bits per heavy atom. The lowest BCUT2D eigenvalue weighted by Gasteiger charge is -2.29. The van der Waals surface area contributed by atoms with Gasteiger partial charge in [0.15, 0.2) is 0 Å². The molecule has 12 rings (SSSR count). The topological polar surface area (TPSA) is 16.4 Å². The van der Waals surface area contributed by atoms with Crippen molar-refractivity contribution in [1.82, 2.24) is 0 Å². The van der Waals surface area contributed by atoms with Crippen LogP contribution in [0.1, 0.15) is 0 Å². The van der Waals surface area contributed by atoms with Gasteiger partial charge in [-0.05, 0) is 120 Å². The average Bonchev–Trinajstić information content (AvgIpc) is 3.74. The summed E-state index contributed by atoms with van der Waals surface area (Å²) < 4.78 is 7.05. The van der Waals surface area contributed by atoms with Crippen molar-refractivity contribution in [3.8, 4) is 44.5 Å². The lowest BCUT2D eigenvalue weighted by Crippen LogP contribution is -2.12. The molecule has 0 aliphatic rings. The first-order chi connectivity index (χ1) is 30.7. The third-order valence-corrected chi connectivity index (χ3v) is 12.4. The molecule has 62 heavy (non-hydrogen) atoms. The number of hydrogen-bond donors (Lipinski definition) is 0. The van der Waals surface area contributed by atoms with Crippen LogP contribution >= 0.6 is 0 Å². The van der Waals surface area contributed by atoms with Crippen LogP contribution in [0.2, 0.25) is 0 Å². The second-order valence-electron chi connectivity index (χ2n) is 16.0. The van der Waals surface area contributed by atoms with E-state index in [0.717, 1.165) is 66.8 Å². The van der Waals surface area contributed by atoms with Crippen molar-refractivity contribution in [2.75, 3.05) is 4.90 Å². The van der Waals surface area contributed by atoms with Gasteiger partial charge >= 0.3 is 0 Å². The van der Waals surface area contributed by atoms with Gasteiger partial charge in [0.25, 0.3) is 0 Å². The van der Waals surface area contributed by atoms with Crippen molar-refractivity contribution >= 4 is 71.3 Å². The van der Waals surface area contributed by atoms with Crippen LogP contribution in [0.3, 0.4) is 0 Å². The van der Waals surface area contributed by atoms with Crippen LogP contribution in [0.25, 0.3) is 98.8 Å². The SMILES string of the molecule is c1ccc(-c2cccc(-c3ccccc3N(c3cccc(-c4ccc5ccccc5c4)c3)c3ccc(-c4cc5ccccc5c5ccccc45)c4oc5ccccc5c34)c2)cc1. The molecule has 0 spiro atoms. The Balaban J connectivity index is 1.13. The Morgan fingerprint density at radius 3 is 1.79 bits per heavy atom. The van der Waals surface area contributed by atoms with E-state index in [4.69, 9.17) is 4.42 Å². The largest absolute Gasteiger partial charge is 0.455 e. The van der Waals surface area contributed by atoms with Crippen LogP contribution in [-0.4, -0.2) is 0 Å². The van der Waals surface area contributed by atoms with Gasteiger partial charge in [0.1, 0.15) is 11.2 Å². The first kappa shape index (κ1) is 35.7. The summed E-state index contributed by atoms with van der Waals surface area (Å²) in [6.45, 7) is 0. The molecule has 0 atom stereocenters. The standard InChI is InChI=1S/C60H39NO/c1-2-16-40(17-3-1)43-21-14-23-46(37-43)50-26-10-12-30-56(50)61(48-24-15-22-44(38-48)45-33-32-41-18-4-5-19-42(41)36-45)57-35-34-53(60-59(57)54-29-11-13-31-58(54)62-60)55-39-47-20-6-7-25-49(47)51-27-8-9-28-52(51)55/h1-39H. The number of furan rings is 1. The van der Waals surface area contributed by atoms with Crippen LogP contribution in [0.4, 0.5) is 17.1 Å². The molecule has 0 amide bonds. The van der Waals surface area contributed by atoms with Gasteiger partial charge in [-0.1, -0.05) is 182 Å². The predicted molar refractivity (Wildman–Crippen MR) is 263 cm³/mol. The van der Waals surface area contributed by atoms with E-state index in [1.165, 1.54) is 49.0 Å². The number of nitrogens with zero attached hydrogens (tertiary/aromatic N) is 1. The van der Waals surface area contributed by atoms with Gasteiger partial charge < -0.3 is 9.32 Å². The summed E-state index contributed by atoms with van der Waals surface area (Å²) in [4.78, 5) is 2.45. The van der Waals surface area contributed by atoms with Crippen LogP contribution < -0.4 is 4.90 Å². The van der Waals surface area contributed by atoms with Crippen molar-refractivity contribution in [3.05, 3.63) is 237 Å². The third-order valence-electron chi connectivity index (χ3n) is 12.4. The number of fused-ring (bicyclic) bond motifs is 7. The molecule has 0 aliphatic heterocycles. The van der Waals surface area contributed by atoms with Crippen molar-refractivity contribution in [2.24, 2.45) is 0 Å². The summed E-state index contributed by atoms with van der Waals surface area (Å²) in [5, 5.41) is 9.47. The van der Waals surface area contributed by atoms with Gasteiger partial charge in [-0.25, -0.2) is 0 Å². The maximum atomic E-state index is 7.05. The minimum absolute atomic E-state index is 0.856. The zero-order valence-electron chi connectivity index (χ0n) is 33.9. The molecule has 0 aliphatic carbocycles. The van der Waals surface area contributed by atoms with Gasteiger partial charge in [-0.3, -0.25) is 0 Å². The first-order valence-electron chi connectivity index (χ1n) is 21.2. The Kier molecular flexibility index (Phi) is 8.53. The molecule has 12 aromatic rings. The fourth-order valence-corrected chi connectivity index (χ4v) is 9.50. The van der Waals surface area contributed by atoms with E-state index in [-0.39, 0.29) is 0 Å². The van der Waals surface area contributed by atoms with Crippen LogP contribution in [0, 0.1) is 0 Å². The highest BCUT2D eigenvalue weighted by Gasteiger charge is 2.25. The minimum Gasteiger partial charge on any atom is -0.455 e. The van der Waals surface area contributed by atoms with Crippen molar-refractivity contribution in [1.29, 1.82) is 0 Å². The third kappa shape index (κ3) is 6.04. The molecular formula is C60H39NO. The Hall–Kier alpha value is -8.20. The number of hydrogen-bond acceptors (Lipinski definition) is 2. The van der Waals surface area contributed by atoms with Gasteiger partial charge in [-0.15, -0.1) is 0 Å². The van der Waals surface area contributed by atoms with Gasteiger partial charge in [-0.2, -0.15) is 0 Å². The monoisotopic (exact) mass is 789 g/mol. The Morgan fingerprint density at radius 2 is 0.919 bits per heavy atom. The summed E-state index contributed by atoms with van der Waals surface area (Å²) in [5.74, 6) is 0. The quantitative estimate of drug-likeness (QED) is 0.150.